The van der Waals surface area contributed by atoms with Crippen molar-refractivity contribution in [3.05, 3.63) is 71.3 Å². The van der Waals surface area contributed by atoms with Crippen LogP contribution in [-0.2, 0) is 6.61 Å². The lowest BCUT2D eigenvalue weighted by Crippen LogP contribution is -1.95. The van der Waals surface area contributed by atoms with Crippen LogP contribution in [0.15, 0.2) is 54.6 Å². The summed E-state index contributed by atoms with van der Waals surface area (Å²) >= 11 is 0. The second kappa shape index (κ2) is 6.42. The molecule has 0 saturated heterocycles. The van der Waals surface area contributed by atoms with Gasteiger partial charge in [-0.1, -0.05) is 42.0 Å². The molecule has 2 aromatic carbocycles. The number of allylic oxidation sites excluding steroid dienone is 1. The number of benzene rings is 2. The van der Waals surface area contributed by atoms with Crippen molar-refractivity contribution in [3.63, 3.8) is 0 Å². The van der Waals surface area contributed by atoms with Gasteiger partial charge in [-0.2, -0.15) is 5.26 Å². The molecule has 2 heteroatoms. The van der Waals surface area contributed by atoms with Gasteiger partial charge >= 0.3 is 0 Å². The van der Waals surface area contributed by atoms with Crippen molar-refractivity contribution in [1.29, 1.82) is 5.26 Å². The number of nitriles is 1. The quantitative estimate of drug-likeness (QED) is 0.764. The van der Waals surface area contributed by atoms with E-state index in [0.29, 0.717) is 6.61 Å². The normalized spacial score (nSPS) is 10.3. The van der Waals surface area contributed by atoms with E-state index in [4.69, 9.17) is 10.00 Å². The second-order valence-electron chi connectivity index (χ2n) is 4.31. The molecule has 0 atom stereocenters. The smallest absolute Gasteiger partial charge is 0.119 e. The predicted octanol–water partition coefficient (Wildman–Crippen LogP) is 4.11. The third kappa shape index (κ3) is 4.01. The van der Waals surface area contributed by atoms with Crippen LogP contribution in [0.5, 0.6) is 5.75 Å². The molecule has 0 fully saturated rings. The Labute approximate surface area is 113 Å². The summed E-state index contributed by atoms with van der Waals surface area (Å²) in [4.78, 5) is 0. The lowest BCUT2D eigenvalue weighted by Gasteiger charge is -2.06. The molecule has 0 bridgehead atoms. The number of hydrogen-bond acceptors (Lipinski definition) is 2. The number of hydrogen-bond donors (Lipinski definition) is 0. The van der Waals surface area contributed by atoms with Crippen LogP contribution in [0.2, 0.25) is 0 Å². The highest BCUT2D eigenvalue weighted by Gasteiger charge is 1.96. The molecule has 0 aliphatic carbocycles. The van der Waals surface area contributed by atoms with Gasteiger partial charge in [-0.3, -0.25) is 0 Å². The molecule has 0 aliphatic rings. The van der Waals surface area contributed by atoms with Crippen molar-refractivity contribution >= 4 is 6.08 Å². The number of nitrogens with zero attached hydrogens (tertiary/aromatic N) is 1. The van der Waals surface area contributed by atoms with Gasteiger partial charge in [0.1, 0.15) is 12.4 Å². The summed E-state index contributed by atoms with van der Waals surface area (Å²) in [5.74, 6) is 0.828. The van der Waals surface area contributed by atoms with Crippen LogP contribution in [-0.4, -0.2) is 0 Å². The van der Waals surface area contributed by atoms with E-state index in [1.165, 1.54) is 11.6 Å². The van der Waals surface area contributed by atoms with E-state index in [1.54, 1.807) is 6.08 Å². The van der Waals surface area contributed by atoms with Crippen molar-refractivity contribution in [1.82, 2.24) is 0 Å². The van der Waals surface area contributed by atoms with Gasteiger partial charge in [0.25, 0.3) is 0 Å². The highest BCUT2D eigenvalue weighted by atomic mass is 16.5. The van der Waals surface area contributed by atoms with E-state index < -0.39 is 0 Å². The first kappa shape index (κ1) is 12.9. The molecule has 19 heavy (non-hydrogen) atoms. The summed E-state index contributed by atoms with van der Waals surface area (Å²) in [6.07, 6.45) is 3.23. The van der Waals surface area contributed by atoms with Crippen molar-refractivity contribution in [2.24, 2.45) is 0 Å². The molecule has 0 aromatic heterocycles. The Balaban J connectivity index is 1.95. The van der Waals surface area contributed by atoms with Gasteiger partial charge in [0.2, 0.25) is 0 Å². The number of rotatable bonds is 4. The molecular formula is C17H15NO. The highest BCUT2D eigenvalue weighted by Crippen LogP contribution is 2.15. The minimum absolute atomic E-state index is 0.563. The summed E-state index contributed by atoms with van der Waals surface area (Å²) in [5, 5.41) is 8.45. The van der Waals surface area contributed by atoms with Crippen molar-refractivity contribution in [2.75, 3.05) is 0 Å². The molecule has 0 aliphatic heterocycles. The van der Waals surface area contributed by atoms with Gasteiger partial charge < -0.3 is 4.74 Å². The summed E-state index contributed by atoms with van der Waals surface area (Å²) in [6.45, 7) is 2.63. The zero-order chi connectivity index (χ0) is 13.5. The van der Waals surface area contributed by atoms with Crippen molar-refractivity contribution in [2.45, 2.75) is 13.5 Å². The molecule has 0 radical (unpaired) electrons. The minimum Gasteiger partial charge on any atom is -0.489 e. The molecule has 0 amide bonds. The molecule has 0 N–H and O–H groups in total. The molecule has 94 valence electrons. The number of aryl methyl sites for hydroxylation is 1. The van der Waals surface area contributed by atoms with E-state index in [1.807, 2.05) is 30.3 Å². The fourth-order valence-corrected chi connectivity index (χ4v) is 1.66. The fourth-order valence-electron chi connectivity index (χ4n) is 1.66. The maximum Gasteiger partial charge on any atom is 0.119 e. The lowest BCUT2D eigenvalue weighted by molar-refractivity contribution is 0.306. The first-order valence-electron chi connectivity index (χ1n) is 6.12. The lowest BCUT2D eigenvalue weighted by atomic mass is 10.2. The van der Waals surface area contributed by atoms with E-state index >= 15 is 0 Å². The largest absolute Gasteiger partial charge is 0.489 e. The van der Waals surface area contributed by atoms with E-state index in [0.717, 1.165) is 16.9 Å². The van der Waals surface area contributed by atoms with Crippen LogP contribution < -0.4 is 4.74 Å². The zero-order valence-electron chi connectivity index (χ0n) is 10.8. The second-order valence-corrected chi connectivity index (χ2v) is 4.31. The van der Waals surface area contributed by atoms with E-state index in [-0.39, 0.29) is 0 Å². The van der Waals surface area contributed by atoms with Gasteiger partial charge in [-0.15, -0.1) is 0 Å². The molecule has 2 rings (SSSR count). The van der Waals surface area contributed by atoms with Gasteiger partial charge in [0, 0.05) is 6.08 Å². The Morgan fingerprint density at radius 2 is 1.74 bits per heavy atom. The van der Waals surface area contributed by atoms with Gasteiger partial charge in [0.15, 0.2) is 0 Å². The van der Waals surface area contributed by atoms with Crippen molar-refractivity contribution in [3.8, 4) is 11.8 Å². The van der Waals surface area contributed by atoms with E-state index in [9.17, 15) is 0 Å². The maximum absolute atomic E-state index is 8.45. The molecule has 0 spiro atoms. The Morgan fingerprint density at radius 3 is 2.37 bits per heavy atom. The maximum atomic E-state index is 8.45. The average molecular weight is 249 g/mol. The standard InChI is InChI=1S/C17H15NO/c1-14-4-6-16(7-5-14)13-19-17-10-8-15(9-11-17)3-2-12-18/h2-11H,13H2,1H3/b3-2+. The average Bonchev–Trinajstić information content (AvgIpc) is 2.46. The monoisotopic (exact) mass is 249 g/mol. The van der Waals surface area contributed by atoms with Gasteiger partial charge in [0.05, 0.1) is 6.07 Å². The Bertz CT molecular complexity index is 589. The van der Waals surface area contributed by atoms with Crippen LogP contribution in [0.4, 0.5) is 0 Å². The molecule has 0 heterocycles. The molecule has 0 unspecified atom stereocenters. The van der Waals surface area contributed by atoms with Crippen LogP contribution >= 0.6 is 0 Å². The Morgan fingerprint density at radius 1 is 1.05 bits per heavy atom. The summed E-state index contributed by atoms with van der Waals surface area (Å²) in [5.41, 5.74) is 3.39. The summed E-state index contributed by atoms with van der Waals surface area (Å²) in [6, 6.07) is 17.9. The first-order chi connectivity index (χ1) is 9.28. The highest BCUT2D eigenvalue weighted by molar-refractivity contribution is 5.52. The molecule has 2 aromatic rings. The Kier molecular flexibility index (Phi) is 4.36. The van der Waals surface area contributed by atoms with Crippen LogP contribution in [0, 0.1) is 18.3 Å². The third-order valence-electron chi connectivity index (χ3n) is 2.76. The molecule has 0 saturated carbocycles. The zero-order valence-corrected chi connectivity index (χ0v) is 10.8. The fraction of sp³-hybridized carbons (Fsp3) is 0.118. The van der Waals surface area contributed by atoms with Crippen molar-refractivity contribution < 1.29 is 4.74 Å². The summed E-state index contributed by atoms with van der Waals surface area (Å²) < 4.78 is 5.70. The first-order valence-corrected chi connectivity index (χ1v) is 6.12. The van der Waals surface area contributed by atoms with Gasteiger partial charge in [-0.05, 0) is 36.3 Å². The van der Waals surface area contributed by atoms with Crippen LogP contribution in [0.3, 0.4) is 0 Å². The SMILES string of the molecule is Cc1ccc(COc2ccc(/C=C/C#N)cc2)cc1. The van der Waals surface area contributed by atoms with Crippen LogP contribution in [0.25, 0.3) is 6.08 Å². The van der Waals surface area contributed by atoms with Gasteiger partial charge in [-0.25, -0.2) is 0 Å². The minimum atomic E-state index is 0.563. The van der Waals surface area contributed by atoms with E-state index in [2.05, 4.69) is 31.2 Å². The Hall–Kier alpha value is -2.53. The molecule has 2 nitrogen and oxygen atoms in total. The van der Waals surface area contributed by atoms with Crippen LogP contribution in [0.1, 0.15) is 16.7 Å². The predicted molar refractivity (Wildman–Crippen MR) is 76.6 cm³/mol. The number of ether oxygens (including phenoxy) is 1. The topological polar surface area (TPSA) is 33.0 Å². The third-order valence-corrected chi connectivity index (χ3v) is 2.76. The molecular weight excluding hydrogens is 234 g/mol. The summed E-state index contributed by atoms with van der Waals surface area (Å²) in [7, 11) is 0.